The Morgan fingerprint density at radius 1 is 1.29 bits per heavy atom. The van der Waals surface area contributed by atoms with E-state index in [1.807, 2.05) is 13.8 Å². The highest BCUT2D eigenvalue weighted by atomic mass is 32.2. The van der Waals surface area contributed by atoms with Gasteiger partial charge in [-0.05, 0) is 29.9 Å². The predicted molar refractivity (Wildman–Crippen MR) is 110 cm³/mol. The fraction of sp³-hybridized carbons (Fsp3) is 0.471. The molecule has 1 amide bonds. The summed E-state index contributed by atoms with van der Waals surface area (Å²) in [6, 6.07) is 4.78. The van der Waals surface area contributed by atoms with E-state index >= 15 is 0 Å². The molecule has 1 saturated heterocycles. The van der Waals surface area contributed by atoms with Crippen LogP contribution in [0.4, 0.5) is 5.13 Å². The van der Waals surface area contributed by atoms with Gasteiger partial charge in [0.25, 0.3) is 5.91 Å². The Morgan fingerprint density at radius 3 is 2.71 bits per heavy atom. The zero-order valence-electron chi connectivity index (χ0n) is 15.7. The molecule has 1 aromatic heterocycles. The van der Waals surface area contributed by atoms with Crippen LogP contribution in [0.25, 0.3) is 0 Å². The molecule has 0 bridgehead atoms. The molecule has 3 rings (SSSR count). The van der Waals surface area contributed by atoms with Crippen molar-refractivity contribution in [1.29, 1.82) is 0 Å². The van der Waals surface area contributed by atoms with Gasteiger partial charge in [0.2, 0.25) is 15.2 Å². The van der Waals surface area contributed by atoms with E-state index < -0.39 is 15.9 Å². The molecule has 1 aliphatic heterocycles. The maximum atomic E-state index is 13.1. The lowest BCUT2D eigenvalue weighted by atomic mass is 10.1. The predicted octanol–water partition coefficient (Wildman–Crippen LogP) is 2.49. The summed E-state index contributed by atoms with van der Waals surface area (Å²) in [6.07, 6.45) is 0.550. The van der Waals surface area contributed by atoms with Gasteiger partial charge in [-0.25, -0.2) is 8.42 Å². The van der Waals surface area contributed by atoms with Gasteiger partial charge in [-0.2, -0.15) is 4.31 Å². The van der Waals surface area contributed by atoms with Crippen LogP contribution in [0, 0.1) is 0 Å². The number of amides is 1. The number of aromatic nitrogens is 2. The van der Waals surface area contributed by atoms with Crippen LogP contribution in [-0.2, 0) is 21.2 Å². The number of rotatable bonds is 7. The molecular formula is C17H22N4O4S3. The number of carbonyl (C=O) groups excluding carboxylic acids is 1. The summed E-state index contributed by atoms with van der Waals surface area (Å²) in [6.45, 7) is 5.26. The first-order chi connectivity index (χ1) is 13.5. The molecule has 1 aromatic carbocycles. The highest BCUT2D eigenvalue weighted by Crippen LogP contribution is 2.27. The lowest BCUT2D eigenvalue weighted by molar-refractivity contribution is 0.0730. The van der Waals surface area contributed by atoms with Crippen molar-refractivity contribution in [2.24, 2.45) is 0 Å². The van der Waals surface area contributed by atoms with Crippen molar-refractivity contribution in [3.8, 4) is 0 Å². The molecule has 0 unspecified atom stereocenters. The molecule has 11 heteroatoms. The molecule has 1 aliphatic rings. The minimum Gasteiger partial charge on any atom is -0.379 e. The minimum absolute atomic E-state index is 0.170. The van der Waals surface area contributed by atoms with E-state index in [4.69, 9.17) is 4.74 Å². The van der Waals surface area contributed by atoms with E-state index in [1.165, 1.54) is 21.7 Å². The van der Waals surface area contributed by atoms with E-state index in [9.17, 15) is 13.2 Å². The largest absolute Gasteiger partial charge is 0.379 e. The van der Waals surface area contributed by atoms with Crippen molar-refractivity contribution < 1.29 is 17.9 Å². The molecule has 28 heavy (non-hydrogen) atoms. The summed E-state index contributed by atoms with van der Waals surface area (Å²) in [7, 11) is -3.69. The molecule has 0 atom stereocenters. The number of carbonyl (C=O) groups is 1. The second-order valence-corrected chi connectivity index (χ2v) is 10.3. The van der Waals surface area contributed by atoms with E-state index in [-0.39, 0.29) is 10.5 Å². The summed E-state index contributed by atoms with van der Waals surface area (Å²) in [5.41, 5.74) is 0.949. The molecule has 2 aromatic rings. The maximum Gasteiger partial charge on any atom is 0.257 e. The highest BCUT2D eigenvalue weighted by Gasteiger charge is 2.29. The molecule has 1 fully saturated rings. The lowest BCUT2D eigenvalue weighted by Crippen LogP contribution is -2.41. The van der Waals surface area contributed by atoms with Crippen molar-refractivity contribution in [2.45, 2.75) is 29.5 Å². The molecule has 0 spiro atoms. The SMILES string of the molecule is CCSc1nnc(NC(=O)c2ccc(CC)c(S(=O)(=O)N3CCOCC3)c2)s1. The first-order valence-electron chi connectivity index (χ1n) is 8.94. The Bertz CT molecular complexity index is 940. The van der Waals surface area contributed by atoms with E-state index in [2.05, 4.69) is 15.5 Å². The Morgan fingerprint density at radius 2 is 2.04 bits per heavy atom. The molecule has 0 aliphatic carbocycles. The molecule has 1 N–H and O–H groups in total. The van der Waals surface area contributed by atoms with Crippen molar-refractivity contribution >= 4 is 44.2 Å². The fourth-order valence-corrected chi connectivity index (χ4v) is 6.14. The fourth-order valence-electron chi connectivity index (χ4n) is 2.77. The van der Waals surface area contributed by atoms with Crippen molar-refractivity contribution in [1.82, 2.24) is 14.5 Å². The van der Waals surface area contributed by atoms with E-state index in [0.717, 1.165) is 10.1 Å². The van der Waals surface area contributed by atoms with E-state index in [1.54, 1.807) is 23.9 Å². The number of thioether (sulfide) groups is 1. The maximum absolute atomic E-state index is 13.1. The summed E-state index contributed by atoms with van der Waals surface area (Å²) >= 11 is 2.83. The van der Waals surface area contributed by atoms with Crippen LogP contribution in [0.1, 0.15) is 29.8 Å². The summed E-state index contributed by atoms with van der Waals surface area (Å²) in [5, 5.41) is 11.0. The number of sulfonamides is 1. The van der Waals surface area contributed by atoms with Gasteiger partial charge in [0.1, 0.15) is 0 Å². The van der Waals surface area contributed by atoms with Crippen molar-refractivity contribution in [3.63, 3.8) is 0 Å². The zero-order valence-corrected chi connectivity index (χ0v) is 18.1. The van der Waals surface area contributed by atoms with Crippen LogP contribution in [0.3, 0.4) is 0 Å². The van der Waals surface area contributed by atoms with Crippen LogP contribution in [-0.4, -0.2) is 60.9 Å². The van der Waals surface area contributed by atoms with Gasteiger partial charge in [0.15, 0.2) is 4.34 Å². The van der Waals surface area contributed by atoms with Gasteiger partial charge in [-0.1, -0.05) is 43.0 Å². The average Bonchev–Trinajstić information content (AvgIpc) is 3.15. The van der Waals surface area contributed by atoms with Crippen molar-refractivity contribution in [2.75, 3.05) is 37.4 Å². The van der Waals surface area contributed by atoms with Gasteiger partial charge in [0, 0.05) is 18.7 Å². The third-order valence-electron chi connectivity index (χ3n) is 4.19. The molecule has 0 radical (unpaired) electrons. The minimum atomic E-state index is -3.69. The summed E-state index contributed by atoms with van der Waals surface area (Å²) in [5.74, 6) is 0.453. The van der Waals surface area contributed by atoms with Gasteiger partial charge < -0.3 is 4.74 Å². The second kappa shape index (κ2) is 9.31. The molecule has 2 heterocycles. The van der Waals surface area contributed by atoms with Gasteiger partial charge >= 0.3 is 0 Å². The first kappa shape index (κ1) is 21.2. The lowest BCUT2D eigenvalue weighted by Gasteiger charge is -2.27. The van der Waals surface area contributed by atoms with Crippen LogP contribution < -0.4 is 5.32 Å². The summed E-state index contributed by atoms with van der Waals surface area (Å²) in [4.78, 5) is 12.8. The third-order valence-corrected chi connectivity index (χ3v) is 8.03. The van der Waals surface area contributed by atoms with E-state index in [0.29, 0.717) is 43.4 Å². The monoisotopic (exact) mass is 442 g/mol. The second-order valence-electron chi connectivity index (χ2n) is 5.95. The number of hydrogen-bond acceptors (Lipinski definition) is 8. The third kappa shape index (κ3) is 4.71. The molecule has 8 nitrogen and oxygen atoms in total. The van der Waals surface area contributed by atoms with Crippen LogP contribution in [0.2, 0.25) is 0 Å². The standard InChI is InChI=1S/C17H22N4O4S3/c1-3-12-5-6-13(15(22)18-16-19-20-17(27-16)26-4-2)11-14(12)28(23,24)21-7-9-25-10-8-21/h5-6,11H,3-4,7-10H2,1-2H3,(H,18,19,22). The molecule has 0 saturated carbocycles. The number of anilines is 1. The molecular weight excluding hydrogens is 420 g/mol. The van der Waals surface area contributed by atoms with Crippen LogP contribution in [0.15, 0.2) is 27.4 Å². The van der Waals surface area contributed by atoms with Crippen LogP contribution >= 0.6 is 23.1 Å². The van der Waals surface area contributed by atoms with Crippen LogP contribution in [0.5, 0.6) is 0 Å². The summed E-state index contributed by atoms with van der Waals surface area (Å²) < 4.78 is 33.6. The number of hydrogen-bond donors (Lipinski definition) is 1. The Hall–Kier alpha value is -1.53. The van der Waals surface area contributed by atoms with Gasteiger partial charge in [0.05, 0.1) is 18.1 Å². The normalized spacial score (nSPS) is 15.5. The Labute approximate surface area is 172 Å². The van der Waals surface area contributed by atoms with Gasteiger partial charge in [-0.15, -0.1) is 10.2 Å². The number of morpholine rings is 1. The first-order valence-corrected chi connectivity index (χ1v) is 12.2. The number of aryl methyl sites for hydroxylation is 1. The smallest absolute Gasteiger partial charge is 0.257 e. The topological polar surface area (TPSA) is 101 Å². The number of ether oxygens (including phenoxy) is 1. The molecule has 152 valence electrons. The quantitative estimate of drug-likeness (QED) is 0.519. The number of nitrogens with zero attached hydrogens (tertiary/aromatic N) is 3. The zero-order chi connectivity index (χ0) is 20.1. The highest BCUT2D eigenvalue weighted by molar-refractivity contribution is 8.01. The number of benzene rings is 1. The van der Waals surface area contributed by atoms with Crippen molar-refractivity contribution in [3.05, 3.63) is 29.3 Å². The Balaban J connectivity index is 1.86. The average molecular weight is 443 g/mol. The van der Waals surface area contributed by atoms with Gasteiger partial charge in [-0.3, -0.25) is 10.1 Å². The Kier molecular flexibility index (Phi) is 7.05. The number of nitrogens with one attached hydrogen (secondary N) is 1.